The number of nitrogens with one attached hydrogen (secondary N) is 1. The first-order valence-electron chi connectivity index (χ1n) is 9.43. The third-order valence-electron chi connectivity index (χ3n) is 4.61. The van der Waals surface area contributed by atoms with E-state index in [0.29, 0.717) is 15.6 Å². The quantitative estimate of drug-likeness (QED) is 0.444. The van der Waals surface area contributed by atoms with Gasteiger partial charge in [-0.3, -0.25) is 14.5 Å². The van der Waals surface area contributed by atoms with Crippen LogP contribution in [0.1, 0.15) is 29.5 Å². The second-order valence-electron chi connectivity index (χ2n) is 6.92. The Morgan fingerprint density at radius 2 is 1.94 bits per heavy atom. The first kappa shape index (κ1) is 23.0. The van der Waals surface area contributed by atoms with Gasteiger partial charge in [0.2, 0.25) is 5.91 Å². The van der Waals surface area contributed by atoms with Crippen molar-refractivity contribution in [1.29, 1.82) is 0 Å². The SMILES string of the molecule is Cc1ccccc1/C=C1\SC(=S)N(CCCC(=O)Nc2cccc(C(F)(F)F)c2)C1=O. The Kier molecular flexibility index (Phi) is 7.17. The number of carbonyl (C=O) groups excluding carboxylic acids is 2. The first-order chi connectivity index (χ1) is 14.6. The molecule has 1 N–H and O–H groups in total. The maximum absolute atomic E-state index is 12.8. The second-order valence-corrected chi connectivity index (χ2v) is 8.60. The lowest BCUT2D eigenvalue weighted by Gasteiger charge is -2.14. The summed E-state index contributed by atoms with van der Waals surface area (Å²) in [5, 5.41) is 2.46. The predicted molar refractivity (Wildman–Crippen MR) is 120 cm³/mol. The maximum Gasteiger partial charge on any atom is 0.416 e. The van der Waals surface area contributed by atoms with Crippen LogP contribution in [-0.2, 0) is 15.8 Å². The Balaban J connectivity index is 1.55. The molecule has 0 bridgehead atoms. The lowest BCUT2D eigenvalue weighted by atomic mass is 10.1. The summed E-state index contributed by atoms with van der Waals surface area (Å²) >= 11 is 6.51. The van der Waals surface area contributed by atoms with Crippen molar-refractivity contribution in [3.8, 4) is 0 Å². The minimum absolute atomic E-state index is 0.0458. The van der Waals surface area contributed by atoms with Crippen LogP contribution in [0.5, 0.6) is 0 Å². The minimum atomic E-state index is -4.48. The molecule has 0 saturated carbocycles. The highest BCUT2D eigenvalue weighted by Crippen LogP contribution is 2.33. The lowest BCUT2D eigenvalue weighted by Crippen LogP contribution is -2.29. The largest absolute Gasteiger partial charge is 0.416 e. The molecule has 1 saturated heterocycles. The van der Waals surface area contributed by atoms with Crippen molar-refractivity contribution in [1.82, 2.24) is 4.90 Å². The number of halogens is 3. The monoisotopic (exact) mass is 464 g/mol. The molecular weight excluding hydrogens is 445 g/mol. The van der Waals surface area contributed by atoms with Gasteiger partial charge in [-0.2, -0.15) is 13.2 Å². The Bertz CT molecular complexity index is 1050. The van der Waals surface area contributed by atoms with E-state index in [1.54, 1.807) is 6.08 Å². The molecule has 0 unspecified atom stereocenters. The van der Waals surface area contributed by atoms with Crippen LogP contribution in [0.25, 0.3) is 6.08 Å². The molecule has 0 atom stereocenters. The summed E-state index contributed by atoms with van der Waals surface area (Å²) in [6, 6.07) is 12.1. The molecule has 0 spiro atoms. The number of thioether (sulfide) groups is 1. The van der Waals surface area contributed by atoms with Gasteiger partial charge in [0.25, 0.3) is 5.91 Å². The van der Waals surface area contributed by atoms with E-state index < -0.39 is 17.6 Å². The summed E-state index contributed by atoms with van der Waals surface area (Å²) in [5.41, 5.74) is 1.22. The van der Waals surface area contributed by atoms with Crippen LogP contribution in [-0.4, -0.2) is 27.6 Å². The van der Waals surface area contributed by atoms with Crippen molar-refractivity contribution in [2.75, 3.05) is 11.9 Å². The van der Waals surface area contributed by atoms with Crippen molar-refractivity contribution in [3.63, 3.8) is 0 Å². The van der Waals surface area contributed by atoms with Gasteiger partial charge in [0, 0.05) is 18.7 Å². The second kappa shape index (κ2) is 9.65. The predicted octanol–water partition coefficient (Wildman–Crippen LogP) is 5.63. The Labute approximate surface area is 187 Å². The van der Waals surface area contributed by atoms with Gasteiger partial charge < -0.3 is 5.32 Å². The number of nitrogens with zero attached hydrogens (tertiary/aromatic N) is 1. The zero-order valence-electron chi connectivity index (χ0n) is 16.5. The normalized spacial score (nSPS) is 15.6. The fraction of sp³-hybridized carbons (Fsp3) is 0.227. The number of thiocarbonyl (C=S) groups is 1. The van der Waals surface area contributed by atoms with E-state index in [4.69, 9.17) is 12.2 Å². The minimum Gasteiger partial charge on any atom is -0.326 e. The Morgan fingerprint density at radius 3 is 2.65 bits per heavy atom. The molecule has 1 fully saturated rings. The third kappa shape index (κ3) is 5.95. The number of anilines is 1. The molecule has 0 aliphatic carbocycles. The van der Waals surface area contributed by atoms with Crippen LogP contribution in [0.4, 0.5) is 18.9 Å². The zero-order valence-corrected chi connectivity index (χ0v) is 18.2. The van der Waals surface area contributed by atoms with Gasteiger partial charge in [-0.05, 0) is 48.7 Å². The van der Waals surface area contributed by atoms with Crippen molar-refractivity contribution in [3.05, 3.63) is 70.1 Å². The average molecular weight is 465 g/mol. The molecule has 0 aromatic heterocycles. The van der Waals surface area contributed by atoms with Gasteiger partial charge in [-0.1, -0.05) is 54.3 Å². The van der Waals surface area contributed by atoms with E-state index in [9.17, 15) is 22.8 Å². The van der Waals surface area contributed by atoms with Gasteiger partial charge in [-0.15, -0.1) is 0 Å². The van der Waals surface area contributed by atoms with Gasteiger partial charge in [0.1, 0.15) is 4.32 Å². The fourth-order valence-electron chi connectivity index (χ4n) is 2.98. The van der Waals surface area contributed by atoms with Crippen LogP contribution < -0.4 is 5.32 Å². The molecule has 2 aromatic carbocycles. The van der Waals surface area contributed by atoms with E-state index >= 15 is 0 Å². The van der Waals surface area contributed by atoms with Gasteiger partial charge in [0.05, 0.1) is 10.5 Å². The molecule has 1 aliphatic rings. The van der Waals surface area contributed by atoms with Crippen LogP contribution in [0, 0.1) is 6.92 Å². The molecule has 3 rings (SSSR count). The highest BCUT2D eigenvalue weighted by molar-refractivity contribution is 8.26. The molecule has 2 amide bonds. The summed E-state index contributed by atoms with van der Waals surface area (Å²) in [7, 11) is 0. The van der Waals surface area contributed by atoms with Gasteiger partial charge in [0.15, 0.2) is 0 Å². The molecule has 4 nitrogen and oxygen atoms in total. The van der Waals surface area contributed by atoms with E-state index in [-0.39, 0.29) is 24.6 Å². The molecular formula is C22H19F3N2O2S2. The summed E-state index contributed by atoms with van der Waals surface area (Å²) in [5.74, 6) is -0.642. The standard InChI is InChI=1S/C22H19F3N2O2S2/c1-14-6-2-3-7-15(14)12-18-20(29)27(21(30)31-18)11-5-10-19(28)26-17-9-4-8-16(13-17)22(23,24)25/h2-4,6-9,12-13H,5,10-11H2,1H3,(H,26,28)/b18-12-. The van der Waals surface area contributed by atoms with E-state index in [0.717, 1.165) is 23.3 Å². The number of hydrogen-bond donors (Lipinski definition) is 1. The molecule has 31 heavy (non-hydrogen) atoms. The number of aryl methyl sites for hydroxylation is 1. The third-order valence-corrected chi connectivity index (χ3v) is 5.99. The highest BCUT2D eigenvalue weighted by atomic mass is 32.2. The zero-order chi connectivity index (χ0) is 22.6. The van der Waals surface area contributed by atoms with Crippen LogP contribution >= 0.6 is 24.0 Å². The van der Waals surface area contributed by atoms with E-state index in [1.165, 1.54) is 28.8 Å². The number of rotatable bonds is 6. The topological polar surface area (TPSA) is 49.4 Å². The van der Waals surface area contributed by atoms with Gasteiger partial charge >= 0.3 is 6.18 Å². The average Bonchev–Trinajstić information content (AvgIpc) is 2.96. The number of amides is 2. The highest BCUT2D eigenvalue weighted by Gasteiger charge is 2.32. The van der Waals surface area contributed by atoms with E-state index in [1.807, 2.05) is 31.2 Å². The van der Waals surface area contributed by atoms with E-state index in [2.05, 4.69) is 5.32 Å². The summed E-state index contributed by atoms with van der Waals surface area (Å²) in [6.07, 6.45) is -2.30. The van der Waals surface area contributed by atoms with Crippen molar-refractivity contribution in [2.24, 2.45) is 0 Å². The summed E-state index contributed by atoms with van der Waals surface area (Å²) in [6.45, 7) is 2.21. The molecule has 1 heterocycles. The smallest absolute Gasteiger partial charge is 0.326 e. The first-order valence-corrected chi connectivity index (χ1v) is 10.7. The Hall–Kier alpha value is -2.65. The number of benzene rings is 2. The molecule has 162 valence electrons. The van der Waals surface area contributed by atoms with Crippen LogP contribution in [0.3, 0.4) is 0 Å². The number of alkyl halides is 3. The summed E-state index contributed by atoms with van der Waals surface area (Å²) < 4.78 is 38.7. The maximum atomic E-state index is 12.8. The lowest BCUT2D eigenvalue weighted by molar-refractivity contribution is -0.137. The fourth-order valence-corrected chi connectivity index (χ4v) is 4.28. The van der Waals surface area contributed by atoms with Crippen molar-refractivity contribution >= 4 is 51.9 Å². The Morgan fingerprint density at radius 1 is 1.19 bits per heavy atom. The van der Waals surface area contributed by atoms with Gasteiger partial charge in [-0.25, -0.2) is 0 Å². The molecule has 0 radical (unpaired) electrons. The summed E-state index contributed by atoms with van der Waals surface area (Å²) in [4.78, 5) is 26.7. The molecule has 1 aliphatic heterocycles. The van der Waals surface area contributed by atoms with Crippen molar-refractivity contribution < 1.29 is 22.8 Å². The molecule has 2 aromatic rings. The molecule has 9 heteroatoms. The number of hydrogen-bond acceptors (Lipinski definition) is 4. The van der Waals surface area contributed by atoms with Crippen LogP contribution in [0.2, 0.25) is 0 Å². The van der Waals surface area contributed by atoms with Crippen molar-refractivity contribution in [2.45, 2.75) is 25.9 Å². The number of carbonyl (C=O) groups is 2. The van der Waals surface area contributed by atoms with Crippen LogP contribution in [0.15, 0.2) is 53.4 Å².